The lowest BCUT2D eigenvalue weighted by Gasteiger charge is -2.29. The van der Waals surface area contributed by atoms with Crippen LogP contribution in [0.5, 0.6) is 0 Å². The lowest BCUT2D eigenvalue weighted by atomic mass is 10.00. The van der Waals surface area contributed by atoms with E-state index in [9.17, 15) is 13.2 Å². The highest BCUT2D eigenvalue weighted by Gasteiger charge is 2.31. The molecule has 0 aliphatic carbocycles. The topological polar surface area (TPSA) is 87.5 Å². The van der Waals surface area contributed by atoms with Crippen molar-refractivity contribution in [1.82, 2.24) is 4.31 Å². The molecule has 1 atom stereocenters. The van der Waals surface area contributed by atoms with Crippen molar-refractivity contribution < 1.29 is 17.9 Å². The molecule has 0 amide bonds. The van der Waals surface area contributed by atoms with Crippen LogP contribution < -0.4 is 0 Å². The third-order valence-corrected chi connectivity index (χ3v) is 4.89. The standard InChI is InChI=1S/C15H18N2O4S/c1-22(19,20)17-7-3-6-14(10-17)15(18)21-11-13-5-2-4-12(8-13)9-16/h2,4-5,8,14H,3,6-7,10-11H2,1H3. The van der Waals surface area contributed by atoms with E-state index in [-0.39, 0.29) is 13.2 Å². The zero-order chi connectivity index (χ0) is 16.2. The van der Waals surface area contributed by atoms with Gasteiger partial charge in [0.2, 0.25) is 10.0 Å². The number of sulfonamides is 1. The molecule has 2 rings (SSSR count). The molecule has 0 aromatic heterocycles. The fourth-order valence-corrected chi connectivity index (χ4v) is 3.35. The molecule has 1 aliphatic rings. The molecule has 118 valence electrons. The highest BCUT2D eigenvalue weighted by molar-refractivity contribution is 7.88. The van der Waals surface area contributed by atoms with Crippen molar-refractivity contribution >= 4 is 16.0 Å². The number of hydrogen-bond acceptors (Lipinski definition) is 5. The quantitative estimate of drug-likeness (QED) is 0.779. The summed E-state index contributed by atoms with van der Waals surface area (Å²) in [6, 6.07) is 8.87. The van der Waals surface area contributed by atoms with E-state index in [1.807, 2.05) is 6.07 Å². The van der Waals surface area contributed by atoms with Gasteiger partial charge in [-0.05, 0) is 30.5 Å². The molecular formula is C15H18N2O4S. The van der Waals surface area contributed by atoms with Crippen molar-refractivity contribution in [3.8, 4) is 6.07 Å². The fourth-order valence-electron chi connectivity index (χ4n) is 2.44. The minimum absolute atomic E-state index is 0.0870. The molecule has 1 aromatic rings. The number of esters is 1. The van der Waals surface area contributed by atoms with Gasteiger partial charge in [-0.1, -0.05) is 12.1 Å². The van der Waals surface area contributed by atoms with Gasteiger partial charge in [-0.3, -0.25) is 4.79 Å². The third kappa shape index (κ3) is 4.29. The van der Waals surface area contributed by atoms with Gasteiger partial charge in [-0.15, -0.1) is 0 Å². The van der Waals surface area contributed by atoms with Crippen LogP contribution in [0.1, 0.15) is 24.0 Å². The average molecular weight is 322 g/mol. The van der Waals surface area contributed by atoms with E-state index in [1.54, 1.807) is 24.3 Å². The van der Waals surface area contributed by atoms with E-state index in [0.29, 0.717) is 24.9 Å². The number of ether oxygens (including phenoxy) is 1. The fraction of sp³-hybridized carbons (Fsp3) is 0.467. The first kappa shape index (κ1) is 16.5. The van der Waals surface area contributed by atoms with Crippen molar-refractivity contribution in [3.05, 3.63) is 35.4 Å². The number of carbonyl (C=O) groups excluding carboxylic acids is 1. The van der Waals surface area contributed by atoms with E-state index in [1.165, 1.54) is 4.31 Å². The monoisotopic (exact) mass is 322 g/mol. The van der Waals surface area contributed by atoms with Gasteiger partial charge in [0.25, 0.3) is 0 Å². The van der Waals surface area contributed by atoms with Crippen LogP contribution in [-0.4, -0.2) is 38.0 Å². The normalized spacial score (nSPS) is 19.4. The summed E-state index contributed by atoms with van der Waals surface area (Å²) in [4.78, 5) is 12.1. The summed E-state index contributed by atoms with van der Waals surface area (Å²) < 4.78 is 29.7. The molecule has 7 heteroatoms. The van der Waals surface area contributed by atoms with Crippen LogP contribution in [0.15, 0.2) is 24.3 Å². The van der Waals surface area contributed by atoms with Gasteiger partial charge in [-0.2, -0.15) is 5.26 Å². The van der Waals surface area contributed by atoms with Crippen LogP contribution in [0.3, 0.4) is 0 Å². The number of nitriles is 1. The largest absolute Gasteiger partial charge is 0.461 e. The SMILES string of the molecule is CS(=O)(=O)N1CCCC(C(=O)OCc2cccc(C#N)c2)C1. The van der Waals surface area contributed by atoms with E-state index in [0.717, 1.165) is 11.8 Å². The lowest BCUT2D eigenvalue weighted by Crippen LogP contribution is -2.42. The number of piperidine rings is 1. The highest BCUT2D eigenvalue weighted by Crippen LogP contribution is 2.20. The number of benzene rings is 1. The van der Waals surface area contributed by atoms with Crippen LogP contribution >= 0.6 is 0 Å². The first-order valence-corrected chi connectivity index (χ1v) is 8.86. The van der Waals surface area contributed by atoms with Crippen LogP contribution in [0, 0.1) is 17.2 Å². The Bertz CT molecular complexity index is 694. The predicted molar refractivity (Wildman–Crippen MR) is 80.1 cm³/mol. The van der Waals surface area contributed by atoms with Crippen molar-refractivity contribution in [2.45, 2.75) is 19.4 Å². The van der Waals surface area contributed by atoms with Gasteiger partial charge >= 0.3 is 5.97 Å². The molecule has 1 aromatic carbocycles. The summed E-state index contributed by atoms with van der Waals surface area (Å²) in [5.74, 6) is -0.821. The first-order valence-electron chi connectivity index (χ1n) is 7.01. The van der Waals surface area contributed by atoms with Crippen molar-refractivity contribution in [3.63, 3.8) is 0 Å². The summed E-state index contributed by atoms with van der Waals surface area (Å²) in [7, 11) is -3.28. The van der Waals surface area contributed by atoms with Crippen molar-refractivity contribution in [1.29, 1.82) is 5.26 Å². The molecule has 22 heavy (non-hydrogen) atoms. The Kier molecular flexibility index (Phi) is 5.16. The van der Waals surface area contributed by atoms with Gasteiger partial charge in [0, 0.05) is 13.1 Å². The Morgan fingerprint density at radius 1 is 1.50 bits per heavy atom. The maximum absolute atomic E-state index is 12.1. The Hall–Kier alpha value is -1.91. The van der Waals surface area contributed by atoms with Crippen molar-refractivity contribution in [2.75, 3.05) is 19.3 Å². The molecule has 0 radical (unpaired) electrons. The van der Waals surface area contributed by atoms with E-state index >= 15 is 0 Å². The number of hydrogen-bond donors (Lipinski definition) is 0. The van der Waals surface area contributed by atoms with E-state index < -0.39 is 21.9 Å². The average Bonchev–Trinajstić information content (AvgIpc) is 2.52. The van der Waals surface area contributed by atoms with Crippen LogP contribution in [0.4, 0.5) is 0 Å². The number of nitrogens with zero attached hydrogens (tertiary/aromatic N) is 2. The van der Waals surface area contributed by atoms with E-state index in [4.69, 9.17) is 10.00 Å². The zero-order valence-corrected chi connectivity index (χ0v) is 13.2. The summed E-state index contributed by atoms with van der Waals surface area (Å²) in [5, 5.41) is 8.83. The summed E-state index contributed by atoms with van der Waals surface area (Å²) >= 11 is 0. The molecule has 0 saturated carbocycles. The molecule has 0 N–H and O–H groups in total. The Morgan fingerprint density at radius 2 is 2.27 bits per heavy atom. The maximum atomic E-state index is 12.1. The second-order valence-corrected chi connectivity index (χ2v) is 7.36. The number of rotatable bonds is 4. The second-order valence-electron chi connectivity index (χ2n) is 5.38. The Balaban J connectivity index is 1.93. The molecule has 1 heterocycles. The maximum Gasteiger partial charge on any atom is 0.310 e. The lowest BCUT2D eigenvalue weighted by molar-refractivity contribution is -0.151. The molecule has 0 bridgehead atoms. The Labute approximate surface area is 130 Å². The van der Waals surface area contributed by atoms with Crippen LogP contribution in [0.25, 0.3) is 0 Å². The first-order chi connectivity index (χ1) is 10.4. The molecule has 1 unspecified atom stereocenters. The molecule has 1 fully saturated rings. The van der Waals surface area contributed by atoms with Crippen LogP contribution in [0.2, 0.25) is 0 Å². The van der Waals surface area contributed by atoms with Crippen LogP contribution in [-0.2, 0) is 26.2 Å². The molecular weight excluding hydrogens is 304 g/mol. The third-order valence-electron chi connectivity index (χ3n) is 3.62. The van der Waals surface area contributed by atoms with Gasteiger partial charge in [-0.25, -0.2) is 12.7 Å². The summed E-state index contributed by atoms with van der Waals surface area (Å²) in [6.45, 7) is 0.715. The van der Waals surface area contributed by atoms with Gasteiger partial charge in [0.1, 0.15) is 6.61 Å². The minimum Gasteiger partial charge on any atom is -0.461 e. The van der Waals surface area contributed by atoms with E-state index in [2.05, 4.69) is 0 Å². The highest BCUT2D eigenvalue weighted by atomic mass is 32.2. The minimum atomic E-state index is -3.28. The Morgan fingerprint density at radius 3 is 2.95 bits per heavy atom. The molecule has 0 spiro atoms. The van der Waals surface area contributed by atoms with Crippen molar-refractivity contribution in [2.24, 2.45) is 5.92 Å². The summed E-state index contributed by atoms with van der Waals surface area (Å²) in [5.41, 5.74) is 1.25. The van der Waals surface area contributed by atoms with Gasteiger partial charge < -0.3 is 4.74 Å². The molecule has 1 saturated heterocycles. The predicted octanol–water partition coefficient (Wildman–Crippen LogP) is 1.27. The number of carbonyl (C=O) groups is 1. The van der Waals surface area contributed by atoms with Gasteiger partial charge in [0.15, 0.2) is 0 Å². The second kappa shape index (κ2) is 6.90. The van der Waals surface area contributed by atoms with Gasteiger partial charge in [0.05, 0.1) is 23.8 Å². The zero-order valence-electron chi connectivity index (χ0n) is 12.4. The summed E-state index contributed by atoms with van der Waals surface area (Å²) in [6.07, 6.45) is 2.42. The molecule has 1 aliphatic heterocycles. The smallest absolute Gasteiger partial charge is 0.310 e. The molecule has 6 nitrogen and oxygen atoms in total.